The number of hydrogen-bond donors (Lipinski definition) is 1. The molecule has 0 saturated carbocycles. The highest BCUT2D eigenvalue weighted by Crippen LogP contribution is 2.23. The summed E-state index contributed by atoms with van der Waals surface area (Å²) in [5.74, 6) is -0.214. The van der Waals surface area contributed by atoms with Crippen molar-refractivity contribution in [3.05, 3.63) is 64.2 Å². The van der Waals surface area contributed by atoms with E-state index >= 15 is 0 Å². The monoisotopic (exact) mass is 306 g/mol. The Bertz CT molecular complexity index is 601. The summed E-state index contributed by atoms with van der Waals surface area (Å²) < 4.78 is 13.9. The number of halogens is 2. The fourth-order valence-corrected chi connectivity index (χ4v) is 2.53. The number of benzene rings is 1. The number of nitrogens with zero attached hydrogens (tertiary/aromatic N) is 1. The predicted molar refractivity (Wildman–Crippen MR) is 85.1 cm³/mol. The van der Waals surface area contributed by atoms with E-state index in [2.05, 4.69) is 17.2 Å². The maximum absolute atomic E-state index is 13.9. The Morgan fingerprint density at radius 2 is 2.10 bits per heavy atom. The average Bonchev–Trinajstić information content (AvgIpc) is 2.47. The fraction of sp³-hybridized carbons (Fsp3) is 0.353. The van der Waals surface area contributed by atoms with Gasteiger partial charge < -0.3 is 5.32 Å². The normalized spacial score (nSPS) is 12.4. The Kier molecular flexibility index (Phi) is 5.71. The second kappa shape index (κ2) is 7.53. The summed E-state index contributed by atoms with van der Waals surface area (Å²) in [5, 5.41) is 4.03. The van der Waals surface area contributed by atoms with E-state index in [-0.39, 0.29) is 11.9 Å². The van der Waals surface area contributed by atoms with Crippen molar-refractivity contribution in [3.63, 3.8) is 0 Å². The molecule has 1 aromatic carbocycles. The number of rotatable bonds is 6. The molecule has 0 spiro atoms. The summed E-state index contributed by atoms with van der Waals surface area (Å²) in [6, 6.07) is 8.77. The molecule has 1 atom stereocenters. The third kappa shape index (κ3) is 4.51. The first-order valence-corrected chi connectivity index (χ1v) is 7.57. The van der Waals surface area contributed by atoms with Gasteiger partial charge >= 0.3 is 0 Å². The second-order valence-electron chi connectivity index (χ2n) is 5.18. The average molecular weight is 307 g/mol. The lowest BCUT2D eigenvalue weighted by Crippen LogP contribution is -2.24. The zero-order valence-corrected chi connectivity index (χ0v) is 13.1. The van der Waals surface area contributed by atoms with Crippen molar-refractivity contribution in [2.24, 2.45) is 0 Å². The van der Waals surface area contributed by atoms with E-state index < -0.39 is 0 Å². The van der Waals surface area contributed by atoms with Gasteiger partial charge in [-0.3, -0.25) is 4.98 Å². The fourth-order valence-electron chi connectivity index (χ4n) is 2.33. The Balaban J connectivity index is 2.25. The van der Waals surface area contributed by atoms with Crippen molar-refractivity contribution in [1.82, 2.24) is 10.3 Å². The Morgan fingerprint density at radius 3 is 2.81 bits per heavy atom. The maximum atomic E-state index is 13.9. The van der Waals surface area contributed by atoms with Crippen LogP contribution >= 0.6 is 11.6 Å². The van der Waals surface area contributed by atoms with Gasteiger partial charge in [0, 0.05) is 23.0 Å². The van der Waals surface area contributed by atoms with Crippen LogP contribution in [0.5, 0.6) is 0 Å². The van der Waals surface area contributed by atoms with Crippen LogP contribution in [0.25, 0.3) is 0 Å². The Morgan fingerprint density at radius 1 is 1.29 bits per heavy atom. The minimum Gasteiger partial charge on any atom is -0.310 e. The maximum Gasteiger partial charge on any atom is 0.126 e. The third-order valence-electron chi connectivity index (χ3n) is 3.40. The van der Waals surface area contributed by atoms with Crippen molar-refractivity contribution in [2.75, 3.05) is 6.54 Å². The number of aryl methyl sites for hydroxylation is 1. The van der Waals surface area contributed by atoms with Gasteiger partial charge in [-0.2, -0.15) is 0 Å². The van der Waals surface area contributed by atoms with Crippen LogP contribution in [-0.4, -0.2) is 11.5 Å². The van der Waals surface area contributed by atoms with Gasteiger partial charge in [0.1, 0.15) is 5.82 Å². The van der Waals surface area contributed by atoms with Crippen LogP contribution in [0.1, 0.15) is 36.2 Å². The standard InChI is InChI=1S/C17H20ClFN2/c1-3-7-21-17(13-6-8-20-12(2)9-13)11-14-10-15(18)4-5-16(14)19/h4-6,8-10,17,21H,3,7,11H2,1-2H3. The van der Waals surface area contributed by atoms with Crippen LogP contribution in [0, 0.1) is 12.7 Å². The summed E-state index contributed by atoms with van der Waals surface area (Å²) in [4.78, 5) is 4.22. The molecule has 0 amide bonds. The SMILES string of the molecule is CCCNC(Cc1cc(Cl)ccc1F)c1ccnc(C)c1. The lowest BCUT2D eigenvalue weighted by atomic mass is 9.98. The molecular formula is C17H20ClFN2. The molecule has 2 aromatic rings. The highest BCUT2D eigenvalue weighted by atomic mass is 35.5. The van der Waals surface area contributed by atoms with E-state index in [0.29, 0.717) is 17.0 Å². The molecule has 4 heteroatoms. The summed E-state index contributed by atoms with van der Waals surface area (Å²) in [7, 11) is 0. The van der Waals surface area contributed by atoms with Crippen LogP contribution in [0.3, 0.4) is 0 Å². The van der Waals surface area contributed by atoms with Crippen molar-refractivity contribution in [1.29, 1.82) is 0 Å². The topological polar surface area (TPSA) is 24.9 Å². The van der Waals surface area contributed by atoms with Crippen molar-refractivity contribution < 1.29 is 4.39 Å². The van der Waals surface area contributed by atoms with Crippen LogP contribution in [0.15, 0.2) is 36.5 Å². The minimum atomic E-state index is -0.214. The summed E-state index contributed by atoms with van der Waals surface area (Å²) in [6.07, 6.45) is 3.38. The number of aromatic nitrogens is 1. The molecule has 0 aliphatic rings. The van der Waals surface area contributed by atoms with Gasteiger partial charge in [-0.05, 0) is 67.8 Å². The van der Waals surface area contributed by atoms with Crippen LogP contribution in [0.2, 0.25) is 5.02 Å². The molecule has 1 unspecified atom stereocenters. The molecule has 21 heavy (non-hydrogen) atoms. The van der Waals surface area contributed by atoms with Crippen molar-refractivity contribution >= 4 is 11.6 Å². The molecule has 2 rings (SSSR count). The minimum absolute atomic E-state index is 0.0552. The molecule has 112 valence electrons. The third-order valence-corrected chi connectivity index (χ3v) is 3.63. The van der Waals surface area contributed by atoms with Gasteiger partial charge in [0.2, 0.25) is 0 Å². The molecule has 0 aliphatic heterocycles. The molecule has 1 N–H and O–H groups in total. The van der Waals surface area contributed by atoms with Gasteiger partial charge in [-0.25, -0.2) is 4.39 Å². The zero-order valence-electron chi connectivity index (χ0n) is 12.4. The van der Waals surface area contributed by atoms with Crippen LogP contribution < -0.4 is 5.32 Å². The van der Waals surface area contributed by atoms with E-state index in [1.54, 1.807) is 18.3 Å². The van der Waals surface area contributed by atoms with Gasteiger partial charge in [0.15, 0.2) is 0 Å². The van der Waals surface area contributed by atoms with Crippen molar-refractivity contribution in [3.8, 4) is 0 Å². The van der Waals surface area contributed by atoms with E-state index in [1.165, 1.54) is 6.07 Å². The molecule has 0 aliphatic carbocycles. The van der Waals surface area contributed by atoms with Crippen LogP contribution in [-0.2, 0) is 6.42 Å². The summed E-state index contributed by atoms with van der Waals surface area (Å²) >= 11 is 5.98. The number of nitrogens with one attached hydrogen (secondary N) is 1. The Hall–Kier alpha value is -1.45. The van der Waals surface area contributed by atoms with Gasteiger partial charge in [0.25, 0.3) is 0 Å². The highest BCUT2D eigenvalue weighted by Gasteiger charge is 2.14. The molecule has 0 bridgehead atoms. The molecule has 0 saturated heterocycles. The van der Waals surface area contributed by atoms with E-state index in [0.717, 1.165) is 24.2 Å². The van der Waals surface area contributed by atoms with Crippen molar-refractivity contribution in [2.45, 2.75) is 32.7 Å². The number of pyridine rings is 1. The van der Waals surface area contributed by atoms with Gasteiger partial charge in [-0.1, -0.05) is 18.5 Å². The quantitative estimate of drug-likeness (QED) is 0.852. The molecular weight excluding hydrogens is 287 g/mol. The molecule has 1 aromatic heterocycles. The molecule has 0 radical (unpaired) electrons. The van der Waals surface area contributed by atoms with E-state index in [4.69, 9.17) is 11.6 Å². The first kappa shape index (κ1) is 15.9. The smallest absolute Gasteiger partial charge is 0.126 e. The first-order chi connectivity index (χ1) is 10.1. The molecule has 2 nitrogen and oxygen atoms in total. The molecule has 0 fully saturated rings. The highest BCUT2D eigenvalue weighted by molar-refractivity contribution is 6.30. The first-order valence-electron chi connectivity index (χ1n) is 7.20. The van der Waals surface area contributed by atoms with Crippen LogP contribution in [0.4, 0.5) is 4.39 Å². The second-order valence-corrected chi connectivity index (χ2v) is 5.61. The van der Waals surface area contributed by atoms with E-state index in [9.17, 15) is 4.39 Å². The lowest BCUT2D eigenvalue weighted by molar-refractivity contribution is 0.512. The predicted octanol–water partition coefficient (Wildman–Crippen LogP) is 4.47. The lowest BCUT2D eigenvalue weighted by Gasteiger charge is -2.20. The van der Waals surface area contributed by atoms with Gasteiger partial charge in [-0.15, -0.1) is 0 Å². The molecule has 1 heterocycles. The zero-order chi connectivity index (χ0) is 15.2. The van der Waals surface area contributed by atoms with Gasteiger partial charge in [0.05, 0.1) is 0 Å². The van der Waals surface area contributed by atoms with E-state index in [1.807, 2.05) is 19.1 Å². The Labute approximate surface area is 130 Å². The summed E-state index contributed by atoms with van der Waals surface area (Å²) in [5.41, 5.74) is 2.71. The number of hydrogen-bond acceptors (Lipinski definition) is 2. The largest absolute Gasteiger partial charge is 0.310 e. The summed E-state index contributed by atoms with van der Waals surface area (Å²) in [6.45, 7) is 4.95.